The molecule has 0 aliphatic heterocycles. The molecule has 21 heavy (non-hydrogen) atoms. The van der Waals surface area contributed by atoms with Crippen LogP contribution in [0.1, 0.15) is 22.3 Å². The van der Waals surface area contributed by atoms with Crippen LogP contribution in [0.2, 0.25) is 0 Å². The fourth-order valence-electron chi connectivity index (χ4n) is 2.11. The van der Waals surface area contributed by atoms with Crippen molar-refractivity contribution in [2.24, 2.45) is 5.73 Å². The van der Waals surface area contributed by atoms with Crippen molar-refractivity contribution in [3.05, 3.63) is 59.7 Å². The highest BCUT2D eigenvalue weighted by Crippen LogP contribution is 2.24. The standard InChI is InChI=1S/C17H19FN2O/c18-12-13-6-8-14(9-7-13)15-4-1-2-5-16(15)17(21)20-11-3-10-19/h1-2,4-9H,3,10-12,19H2,(H,20,21). The van der Waals surface area contributed by atoms with Gasteiger partial charge < -0.3 is 11.1 Å². The lowest BCUT2D eigenvalue weighted by Gasteiger charge is -2.10. The Labute approximate surface area is 124 Å². The molecule has 1 amide bonds. The summed E-state index contributed by atoms with van der Waals surface area (Å²) in [5.74, 6) is -0.117. The molecule has 0 saturated carbocycles. The fourth-order valence-corrected chi connectivity index (χ4v) is 2.11. The number of nitrogens with one attached hydrogen (secondary N) is 1. The van der Waals surface area contributed by atoms with Crippen LogP contribution in [0.25, 0.3) is 11.1 Å². The van der Waals surface area contributed by atoms with Gasteiger partial charge in [0.15, 0.2) is 0 Å². The van der Waals surface area contributed by atoms with Gasteiger partial charge in [0.25, 0.3) is 5.91 Å². The minimum Gasteiger partial charge on any atom is -0.352 e. The van der Waals surface area contributed by atoms with Crippen molar-refractivity contribution in [3.8, 4) is 11.1 Å². The molecule has 4 heteroatoms. The average Bonchev–Trinajstić information content (AvgIpc) is 2.55. The summed E-state index contributed by atoms with van der Waals surface area (Å²) in [4.78, 5) is 12.2. The smallest absolute Gasteiger partial charge is 0.251 e. The maximum atomic E-state index is 12.6. The molecule has 0 radical (unpaired) electrons. The molecule has 0 aromatic heterocycles. The van der Waals surface area contributed by atoms with E-state index >= 15 is 0 Å². The van der Waals surface area contributed by atoms with E-state index in [1.54, 1.807) is 18.2 Å². The Balaban J connectivity index is 2.25. The van der Waals surface area contributed by atoms with E-state index in [-0.39, 0.29) is 5.91 Å². The molecular formula is C17H19FN2O. The average molecular weight is 286 g/mol. The second-order valence-electron chi connectivity index (χ2n) is 4.77. The van der Waals surface area contributed by atoms with Gasteiger partial charge in [0.1, 0.15) is 6.67 Å². The van der Waals surface area contributed by atoms with Crippen molar-refractivity contribution in [2.45, 2.75) is 13.1 Å². The van der Waals surface area contributed by atoms with Gasteiger partial charge in [-0.1, -0.05) is 42.5 Å². The number of nitrogens with two attached hydrogens (primary N) is 1. The Morgan fingerprint density at radius 1 is 1.10 bits per heavy atom. The molecule has 0 aliphatic rings. The largest absolute Gasteiger partial charge is 0.352 e. The van der Waals surface area contributed by atoms with E-state index in [0.29, 0.717) is 24.2 Å². The molecule has 0 atom stereocenters. The Morgan fingerprint density at radius 2 is 1.81 bits per heavy atom. The van der Waals surface area contributed by atoms with E-state index in [9.17, 15) is 9.18 Å². The SMILES string of the molecule is NCCCNC(=O)c1ccccc1-c1ccc(CF)cc1. The lowest BCUT2D eigenvalue weighted by Crippen LogP contribution is -2.26. The van der Waals surface area contributed by atoms with E-state index < -0.39 is 6.67 Å². The summed E-state index contributed by atoms with van der Waals surface area (Å²) in [6.07, 6.45) is 0.749. The minimum atomic E-state index is -0.485. The lowest BCUT2D eigenvalue weighted by molar-refractivity contribution is 0.0954. The van der Waals surface area contributed by atoms with Gasteiger partial charge in [-0.3, -0.25) is 4.79 Å². The Morgan fingerprint density at radius 3 is 2.48 bits per heavy atom. The molecule has 3 nitrogen and oxygen atoms in total. The molecule has 0 saturated heterocycles. The number of benzene rings is 2. The zero-order valence-electron chi connectivity index (χ0n) is 11.8. The Kier molecular flexibility index (Phi) is 5.46. The van der Waals surface area contributed by atoms with Gasteiger partial charge in [-0.15, -0.1) is 0 Å². The Hall–Kier alpha value is -2.20. The first-order valence-corrected chi connectivity index (χ1v) is 6.99. The number of hydrogen-bond donors (Lipinski definition) is 2. The first kappa shape index (κ1) is 15.2. The molecule has 0 unspecified atom stereocenters. The molecular weight excluding hydrogens is 267 g/mol. The van der Waals surface area contributed by atoms with Gasteiger partial charge >= 0.3 is 0 Å². The highest BCUT2D eigenvalue weighted by atomic mass is 19.1. The lowest BCUT2D eigenvalue weighted by atomic mass is 9.98. The quantitative estimate of drug-likeness (QED) is 0.802. The second-order valence-corrected chi connectivity index (χ2v) is 4.77. The summed E-state index contributed by atoms with van der Waals surface area (Å²) in [6, 6.07) is 14.5. The minimum absolute atomic E-state index is 0.117. The summed E-state index contributed by atoms with van der Waals surface area (Å²) < 4.78 is 12.6. The van der Waals surface area contributed by atoms with Crippen molar-refractivity contribution in [1.82, 2.24) is 5.32 Å². The maximum Gasteiger partial charge on any atom is 0.251 e. The molecule has 2 aromatic rings. The monoisotopic (exact) mass is 286 g/mol. The van der Waals surface area contributed by atoms with Gasteiger partial charge in [-0.2, -0.15) is 0 Å². The van der Waals surface area contributed by atoms with Crippen LogP contribution in [0, 0.1) is 0 Å². The molecule has 0 spiro atoms. The molecule has 0 heterocycles. The summed E-state index contributed by atoms with van der Waals surface area (Å²) in [6.45, 7) is 0.624. The number of alkyl halides is 1. The predicted molar refractivity (Wildman–Crippen MR) is 82.7 cm³/mol. The van der Waals surface area contributed by atoms with Crippen LogP contribution in [0.3, 0.4) is 0 Å². The first-order valence-electron chi connectivity index (χ1n) is 6.99. The third-order valence-corrected chi connectivity index (χ3v) is 3.26. The van der Waals surface area contributed by atoms with Crippen molar-refractivity contribution < 1.29 is 9.18 Å². The first-order chi connectivity index (χ1) is 10.3. The van der Waals surface area contributed by atoms with Crippen LogP contribution >= 0.6 is 0 Å². The van der Waals surface area contributed by atoms with E-state index in [4.69, 9.17) is 5.73 Å². The molecule has 2 aromatic carbocycles. The van der Waals surface area contributed by atoms with E-state index in [1.807, 2.05) is 30.3 Å². The number of halogens is 1. The fraction of sp³-hybridized carbons (Fsp3) is 0.235. The number of carbonyl (C=O) groups excluding carboxylic acids is 1. The van der Waals surface area contributed by atoms with Gasteiger partial charge in [-0.25, -0.2) is 4.39 Å². The number of rotatable bonds is 6. The topological polar surface area (TPSA) is 55.1 Å². The van der Waals surface area contributed by atoms with Gasteiger partial charge in [0.2, 0.25) is 0 Å². The van der Waals surface area contributed by atoms with Gasteiger partial charge in [0, 0.05) is 12.1 Å². The summed E-state index contributed by atoms with van der Waals surface area (Å²) in [7, 11) is 0. The van der Waals surface area contributed by atoms with Crippen LogP contribution in [0.15, 0.2) is 48.5 Å². The van der Waals surface area contributed by atoms with Crippen LogP contribution in [0.4, 0.5) is 4.39 Å². The third kappa shape index (κ3) is 3.89. The maximum absolute atomic E-state index is 12.6. The molecule has 0 bridgehead atoms. The molecule has 3 N–H and O–H groups in total. The molecule has 110 valence electrons. The number of amides is 1. The van der Waals surface area contributed by atoms with Crippen molar-refractivity contribution in [2.75, 3.05) is 13.1 Å². The molecule has 0 aliphatic carbocycles. The number of hydrogen-bond acceptors (Lipinski definition) is 2. The van der Waals surface area contributed by atoms with Crippen molar-refractivity contribution in [3.63, 3.8) is 0 Å². The third-order valence-electron chi connectivity index (χ3n) is 3.26. The van der Waals surface area contributed by atoms with Crippen LogP contribution in [0.5, 0.6) is 0 Å². The predicted octanol–water partition coefficient (Wildman–Crippen LogP) is 2.90. The highest BCUT2D eigenvalue weighted by molar-refractivity contribution is 6.00. The second kappa shape index (κ2) is 7.55. The van der Waals surface area contributed by atoms with Gasteiger partial charge in [-0.05, 0) is 35.7 Å². The van der Waals surface area contributed by atoms with Crippen LogP contribution in [-0.4, -0.2) is 19.0 Å². The van der Waals surface area contributed by atoms with Crippen LogP contribution in [-0.2, 0) is 6.67 Å². The van der Waals surface area contributed by atoms with E-state index in [0.717, 1.165) is 17.5 Å². The zero-order valence-corrected chi connectivity index (χ0v) is 11.8. The zero-order chi connectivity index (χ0) is 15.1. The van der Waals surface area contributed by atoms with Crippen molar-refractivity contribution in [1.29, 1.82) is 0 Å². The summed E-state index contributed by atoms with van der Waals surface area (Å²) >= 11 is 0. The van der Waals surface area contributed by atoms with Crippen LogP contribution < -0.4 is 11.1 Å². The Bertz CT molecular complexity index is 596. The normalized spacial score (nSPS) is 10.4. The molecule has 2 rings (SSSR count). The van der Waals surface area contributed by atoms with E-state index in [1.165, 1.54) is 0 Å². The van der Waals surface area contributed by atoms with Crippen molar-refractivity contribution >= 4 is 5.91 Å². The highest BCUT2D eigenvalue weighted by Gasteiger charge is 2.11. The number of carbonyl (C=O) groups is 1. The summed E-state index contributed by atoms with van der Waals surface area (Å²) in [5.41, 5.74) is 8.40. The summed E-state index contributed by atoms with van der Waals surface area (Å²) in [5, 5.41) is 2.85. The van der Waals surface area contributed by atoms with Gasteiger partial charge in [0.05, 0.1) is 0 Å². The molecule has 0 fully saturated rings. The van der Waals surface area contributed by atoms with E-state index in [2.05, 4.69) is 5.32 Å².